The van der Waals surface area contributed by atoms with Gasteiger partial charge in [-0.3, -0.25) is 9.59 Å². The fraction of sp³-hybridized carbons (Fsp3) is 0.667. The second-order valence-electron chi connectivity index (χ2n) is 1.86. The minimum atomic E-state index is -0.743. The maximum atomic E-state index is 10.5. The van der Waals surface area contributed by atoms with E-state index in [0.29, 0.717) is 0 Å². The second kappa shape index (κ2) is 4.28. The Morgan fingerprint density at radius 1 is 1.60 bits per heavy atom. The van der Waals surface area contributed by atoms with Crippen molar-refractivity contribution in [1.82, 2.24) is 0 Å². The molecular formula is C6H9ClO3. The number of carbonyl (C=O) groups excluding carboxylic acids is 2. The Bertz CT molecular complexity index is 144. The molecule has 10 heavy (non-hydrogen) atoms. The molecule has 0 saturated carbocycles. The molecule has 0 spiro atoms. The highest BCUT2D eigenvalue weighted by molar-refractivity contribution is 6.31. The normalized spacial score (nSPS) is 12.3. The molecule has 0 amide bonds. The van der Waals surface area contributed by atoms with Gasteiger partial charge in [0.2, 0.25) is 0 Å². The van der Waals surface area contributed by atoms with Gasteiger partial charge in [-0.15, -0.1) is 11.6 Å². The van der Waals surface area contributed by atoms with Crippen LogP contribution in [0.15, 0.2) is 0 Å². The minimum Gasteiger partial charge on any atom is -0.469 e. The first-order valence-electron chi connectivity index (χ1n) is 2.79. The van der Waals surface area contributed by atoms with Gasteiger partial charge in [0.25, 0.3) is 0 Å². The van der Waals surface area contributed by atoms with Crippen LogP contribution in [0.2, 0.25) is 0 Å². The third kappa shape index (κ3) is 3.45. The molecule has 0 aromatic heterocycles. The van der Waals surface area contributed by atoms with Crippen molar-refractivity contribution >= 4 is 23.4 Å². The lowest BCUT2D eigenvalue weighted by Gasteiger charge is -2.01. The highest BCUT2D eigenvalue weighted by Gasteiger charge is 2.14. The SMILES string of the molecule is COC(=O)CC(Cl)C(C)=O. The smallest absolute Gasteiger partial charge is 0.307 e. The van der Waals surface area contributed by atoms with E-state index in [1.54, 1.807) is 0 Å². The van der Waals surface area contributed by atoms with Gasteiger partial charge in [0.1, 0.15) is 11.2 Å². The molecular weight excluding hydrogens is 156 g/mol. The van der Waals surface area contributed by atoms with Crippen LogP contribution >= 0.6 is 11.6 Å². The van der Waals surface area contributed by atoms with E-state index in [-0.39, 0.29) is 12.2 Å². The van der Waals surface area contributed by atoms with Gasteiger partial charge < -0.3 is 4.74 Å². The van der Waals surface area contributed by atoms with Crippen molar-refractivity contribution in [2.75, 3.05) is 7.11 Å². The van der Waals surface area contributed by atoms with Crippen LogP contribution in [0.3, 0.4) is 0 Å². The maximum absolute atomic E-state index is 10.5. The average molecular weight is 165 g/mol. The van der Waals surface area contributed by atoms with Crippen molar-refractivity contribution in [3.8, 4) is 0 Å². The Balaban J connectivity index is 3.68. The Labute approximate surface area is 64.3 Å². The molecule has 58 valence electrons. The molecule has 0 aromatic carbocycles. The molecule has 0 aliphatic rings. The number of halogens is 1. The molecule has 0 aromatic rings. The molecule has 0 rings (SSSR count). The predicted molar refractivity (Wildman–Crippen MR) is 37.0 cm³/mol. The average Bonchev–Trinajstić information content (AvgIpc) is 1.87. The summed E-state index contributed by atoms with van der Waals surface area (Å²) < 4.78 is 4.30. The van der Waals surface area contributed by atoms with Crippen molar-refractivity contribution in [3.05, 3.63) is 0 Å². The Hall–Kier alpha value is -0.570. The van der Waals surface area contributed by atoms with Gasteiger partial charge >= 0.3 is 5.97 Å². The van der Waals surface area contributed by atoms with Crippen molar-refractivity contribution in [3.63, 3.8) is 0 Å². The van der Waals surface area contributed by atoms with Gasteiger partial charge in [-0.2, -0.15) is 0 Å². The van der Waals surface area contributed by atoms with E-state index in [2.05, 4.69) is 4.74 Å². The largest absolute Gasteiger partial charge is 0.469 e. The lowest BCUT2D eigenvalue weighted by atomic mass is 10.2. The summed E-state index contributed by atoms with van der Waals surface area (Å²) in [7, 11) is 1.26. The summed E-state index contributed by atoms with van der Waals surface area (Å²) in [6.45, 7) is 1.33. The number of esters is 1. The van der Waals surface area contributed by atoms with Crippen LogP contribution in [0, 0.1) is 0 Å². The number of ketones is 1. The van der Waals surface area contributed by atoms with Crippen molar-refractivity contribution in [1.29, 1.82) is 0 Å². The van der Waals surface area contributed by atoms with Gasteiger partial charge in [-0.05, 0) is 6.92 Å². The molecule has 0 N–H and O–H groups in total. The molecule has 0 bridgehead atoms. The summed E-state index contributed by atoms with van der Waals surface area (Å²) in [5.74, 6) is -0.678. The highest BCUT2D eigenvalue weighted by atomic mass is 35.5. The molecule has 3 nitrogen and oxygen atoms in total. The quantitative estimate of drug-likeness (QED) is 0.457. The van der Waals surface area contributed by atoms with Crippen LogP contribution in [0.1, 0.15) is 13.3 Å². The molecule has 0 radical (unpaired) electrons. The Morgan fingerprint density at radius 3 is 2.40 bits per heavy atom. The zero-order chi connectivity index (χ0) is 8.15. The zero-order valence-electron chi connectivity index (χ0n) is 5.89. The van der Waals surface area contributed by atoms with E-state index >= 15 is 0 Å². The van der Waals surface area contributed by atoms with E-state index in [1.165, 1.54) is 14.0 Å². The van der Waals surface area contributed by atoms with Crippen LogP contribution in [0.25, 0.3) is 0 Å². The van der Waals surface area contributed by atoms with Crippen molar-refractivity contribution in [2.24, 2.45) is 0 Å². The second-order valence-corrected chi connectivity index (χ2v) is 2.39. The first kappa shape index (κ1) is 9.43. The fourth-order valence-electron chi connectivity index (χ4n) is 0.373. The number of hydrogen-bond donors (Lipinski definition) is 0. The molecule has 1 unspecified atom stereocenters. The lowest BCUT2D eigenvalue weighted by Crippen LogP contribution is -2.16. The molecule has 0 saturated heterocycles. The maximum Gasteiger partial charge on any atom is 0.307 e. The topological polar surface area (TPSA) is 43.4 Å². The summed E-state index contributed by atoms with van der Waals surface area (Å²) in [4.78, 5) is 20.9. The van der Waals surface area contributed by atoms with E-state index in [4.69, 9.17) is 11.6 Å². The van der Waals surface area contributed by atoms with Gasteiger partial charge in [-0.1, -0.05) is 0 Å². The Morgan fingerprint density at radius 2 is 2.10 bits per heavy atom. The highest BCUT2D eigenvalue weighted by Crippen LogP contribution is 2.03. The zero-order valence-corrected chi connectivity index (χ0v) is 6.64. The van der Waals surface area contributed by atoms with Crippen LogP contribution in [-0.4, -0.2) is 24.2 Å². The number of ether oxygens (including phenoxy) is 1. The van der Waals surface area contributed by atoms with Crippen LogP contribution < -0.4 is 0 Å². The number of rotatable bonds is 3. The predicted octanol–water partition coefficient (Wildman–Crippen LogP) is 0.746. The van der Waals surface area contributed by atoms with E-state index in [9.17, 15) is 9.59 Å². The summed E-state index contributed by atoms with van der Waals surface area (Å²) >= 11 is 5.44. The summed E-state index contributed by atoms with van der Waals surface area (Å²) in [6, 6.07) is 0. The van der Waals surface area contributed by atoms with E-state index in [0.717, 1.165) is 0 Å². The summed E-state index contributed by atoms with van der Waals surface area (Å²) in [5.41, 5.74) is 0. The Kier molecular flexibility index (Phi) is 4.03. The number of methoxy groups -OCH3 is 1. The van der Waals surface area contributed by atoms with Gasteiger partial charge in [0, 0.05) is 0 Å². The fourth-order valence-corrected chi connectivity index (χ4v) is 0.499. The first-order chi connectivity index (χ1) is 4.57. The third-order valence-corrected chi connectivity index (χ3v) is 1.48. The minimum absolute atomic E-state index is 0.0482. The van der Waals surface area contributed by atoms with Crippen LogP contribution in [-0.2, 0) is 14.3 Å². The monoisotopic (exact) mass is 164 g/mol. The summed E-state index contributed by atoms with van der Waals surface area (Å²) in [6.07, 6.45) is -0.0482. The van der Waals surface area contributed by atoms with E-state index < -0.39 is 11.3 Å². The lowest BCUT2D eigenvalue weighted by molar-refractivity contribution is -0.141. The molecule has 1 atom stereocenters. The third-order valence-electron chi connectivity index (χ3n) is 1.01. The van der Waals surface area contributed by atoms with Crippen molar-refractivity contribution < 1.29 is 14.3 Å². The van der Waals surface area contributed by atoms with Crippen molar-refractivity contribution in [2.45, 2.75) is 18.7 Å². The molecule has 0 aliphatic carbocycles. The van der Waals surface area contributed by atoms with Crippen LogP contribution in [0.4, 0.5) is 0 Å². The first-order valence-corrected chi connectivity index (χ1v) is 3.23. The van der Waals surface area contributed by atoms with Crippen LogP contribution in [0.5, 0.6) is 0 Å². The number of hydrogen-bond acceptors (Lipinski definition) is 3. The van der Waals surface area contributed by atoms with Gasteiger partial charge in [0.15, 0.2) is 0 Å². The molecule has 4 heteroatoms. The molecule has 0 heterocycles. The summed E-state index contributed by atoms with van der Waals surface area (Å²) in [5, 5.41) is -0.743. The van der Waals surface area contributed by atoms with Gasteiger partial charge in [0.05, 0.1) is 13.5 Å². The number of carbonyl (C=O) groups is 2. The standard InChI is InChI=1S/C6H9ClO3/c1-4(8)5(7)3-6(9)10-2/h5H,3H2,1-2H3. The molecule has 0 aliphatic heterocycles. The van der Waals surface area contributed by atoms with E-state index in [1.807, 2.05) is 0 Å². The molecule has 0 fully saturated rings. The number of alkyl halides is 1. The van der Waals surface area contributed by atoms with Gasteiger partial charge in [-0.25, -0.2) is 0 Å². The number of Topliss-reactive ketones (excluding diaryl/α,β-unsaturated/α-hetero) is 1.